The number of carbonyl (C=O) groups is 2. The number of allylic oxidation sites excluding steroid dienone is 1. The Balaban J connectivity index is 1.79. The van der Waals surface area contributed by atoms with E-state index in [1.54, 1.807) is 6.92 Å². The zero-order chi connectivity index (χ0) is 21.4. The van der Waals surface area contributed by atoms with Crippen molar-refractivity contribution in [3.05, 3.63) is 23.2 Å². The molecule has 1 saturated carbocycles. The van der Waals surface area contributed by atoms with Crippen molar-refractivity contribution in [2.45, 2.75) is 68.2 Å². The fourth-order valence-electron chi connectivity index (χ4n) is 3.47. The number of nitrogens with zero attached hydrogens (tertiary/aromatic N) is 1. The van der Waals surface area contributed by atoms with Crippen LogP contribution in [-0.2, 0) is 4.79 Å². The highest BCUT2D eigenvalue weighted by Crippen LogP contribution is 2.35. The molecule has 1 fully saturated rings. The summed E-state index contributed by atoms with van der Waals surface area (Å²) in [5.41, 5.74) is -0.984. The van der Waals surface area contributed by atoms with Gasteiger partial charge in [-0.15, -0.1) is 11.3 Å². The van der Waals surface area contributed by atoms with E-state index < -0.39 is 18.0 Å². The van der Waals surface area contributed by atoms with E-state index in [0.717, 1.165) is 6.42 Å². The van der Waals surface area contributed by atoms with Gasteiger partial charge >= 0.3 is 5.97 Å². The summed E-state index contributed by atoms with van der Waals surface area (Å²) in [6.45, 7) is 1.65. The molecule has 162 valence electrons. The normalized spacial score (nSPS) is 21.9. The van der Waals surface area contributed by atoms with Gasteiger partial charge in [0.05, 0.1) is 5.60 Å². The Morgan fingerprint density at radius 1 is 1.52 bits per heavy atom. The highest BCUT2D eigenvalue weighted by atomic mass is 32.2. The summed E-state index contributed by atoms with van der Waals surface area (Å²) in [6.07, 6.45) is 4.27. The van der Waals surface area contributed by atoms with E-state index in [0.29, 0.717) is 35.8 Å². The number of ketones is 1. The molecular formula is C20H27F2NO4S2. The van der Waals surface area contributed by atoms with Gasteiger partial charge in [-0.3, -0.25) is 4.79 Å². The van der Waals surface area contributed by atoms with Crippen LogP contribution in [0, 0.1) is 11.8 Å². The van der Waals surface area contributed by atoms with Crippen molar-refractivity contribution in [1.82, 2.24) is 4.98 Å². The number of thiazole rings is 1. The number of hydrogen-bond donors (Lipinski definition) is 2. The number of aromatic nitrogens is 1. The van der Waals surface area contributed by atoms with E-state index in [1.165, 1.54) is 28.5 Å². The molecule has 0 aliphatic heterocycles. The van der Waals surface area contributed by atoms with Crippen molar-refractivity contribution in [2.24, 2.45) is 11.8 Å². The number of carboxylic acid groups (broad SMARTS) is 1. The Hall–Kier alpha value is -1.32. The summed E-state index contributed by atoms with van der Waals surface area (Å²) in [7, 11) is 0. The summed E-state index contributed by atoms with van der Waals surface area (Å²) in [4.78, 5) is 27.1. The molecule has 0 amide bonds. The molecule has 0 spiro atoms. The second-order valence-corrected chi connectivity index (χ2v) is 9.83. The third-order valence-corrected chi connectivity index (χ3v) is 7.14. The SMILES string of the molecule is C[C@](O)(C/C=C/[C@H]1CCC(=O)[C@@H]1CCSc1nc(C(=O)O)cs1)CCCC(F)F. The summed E-state index contributed by atoms with van der Waals surface area (Å²) in [5, 5.41) is 20.7. The van der Waals surface area contributed by atoms with Crippen LogP contribution in [0.15, 0.2) is 21.9 Å². The number of hydrogen-bond acceptors (Lipinski definition) is 6. The van der Waals surface area contributed by atoms with Gasteiger partial charge in [-0.2, -0.15) is 0 Å². The lowest BCUT2D eigenvalue weighted by molar-refractivity contribution is -0.121. The number of carbonyl (C=O) groups excluding carboxylic acids is 1. The van der Waals surface area contributed by atoms with Crippen LogP contribution in [0.3, 0.4) is 0 Å². The number of alkyl halides is 2. The number of aromatic carboxylic acids is 1. The van der Waals surface area contributed by atoms with Crippen molar-refractivity contribution >= 4 is 34.9 Å². The number of Topliss-reactive ketones (excluding diaryl/α,β-unsaturated/α-hetero) is 1. The van der Waals surface area contributed by atoms with Crippen molar-refractivity contribution in [2.75, 3.05) is 5.75 Å². The van der Waals surface area contributed by atoms with Crippen LogP contribution < -0.4 is 0 Å². The summed E-state index contributed by atoms with van der Waals surface area (Å²) in [5.74, 6) is -0.102. The zero-order valence-electron chi connectivity index (χ0n) is 16.4. The average molecular weight is 448 g/mol. The molecule has 0 saturated heterocycles. The molecule has 1 aliphatic rings. The molecule has 5 nitrogen and oxygen atoms in total. The van der Waals surface area contributed by atoms with Gasteiger partial charge in [0.25, 0.3) is 0 Å². The number of halogens is 2. The van der Waals surface area contributed by atoms with Gasteiger partial charge in [-0.25, -0.2) is 18.6 Å². The average Bonchev–Trinajstić information content (AvgIpc) is 3.23. The lowest BCUT2D eigenvalue weighted by Crippen LogP contribution is -2.23. The second kappa shape index (κ2) is 11.2. The third kappa shape index (κ3) is 8.14. The predicted molar refractivity (Wildman–Crippen MR) is 110 cm³/mol. The molecule has 9 heteroatoms. The first-order valence-electron chi connectivity index (χ1n) is 9.69. The fraction of sp³-hybridized carbons (Fsp3) is 0.650. The number of carboxylic acids is 1. The molecule has 2 rings (SSSR count). The zero-order valence-corrected chi connectivity index (χ0v) is 18.0. The predicted octanol–water partition coefficient (Wildman–Crippen LogP) is 5.05. The second-order valence-electron chi connectivity index (χ2n) is 7.63. The fourth-order valence-corrected chi connectivity index (χ4v) is 5.36. The van der Waals surface area contributed by atoms with Crippen LogP contribution in [0.5, 0.6) is 0 Å². The molecule has 1 aromatic heterocycles. The van der Waals surface area contributed by atoms with Crippen LogP contribution in [0.4, 0.5) is 8.78 Å². The van der Waals surface area contributed by atoms with Gasteiger partial charge in [0, 0.05) is 29.9 Å². The summed E-state index contributed by atoms with van der Waals surface area (Å²) in [6, 6.07) is 0. The standard InChI is InChI=1S/C20H27F2NO4S2/c1-20(27,10-3-5-17(21)22)9-2-4-13-6-7-16(24)14(13)8-11-28-19-23-15(12-29-19)18(25)26/h2,4,12-14,17,27H,3,5-11H2,1H3,(H,25,26)/b4-2+/t13-,14+,20-/m0/s1. The van der Waals surface area contributed by atoms with E-state index in [1.807, 2.05) is 12.2 Å². The number of rotatable bonds is 12. The molecular weight excluding hydrogens is 420 g/mol. The van der Waals surface area contributed by atoms with Crippen LogP contribution >= 0.6 is 23.1 Å². The van der Waals surface area contributed by atoms with Gasteiger partial charge in [0.15, 0.2) is 10.0 Å². The van der Waals surface area contributed by atoms with E-state index >= 15 is 0 Å². The van der Waals surface area contributed by atoms with Gasteiger partial charge in [0.2, 0.25) is 6.43 Å². The number of thioether (sulfide) groups is 1. The number of aliphatic hydroxyl groups is 1. The van der Waals surface area contributed by atoms with Crippen molar-refractivity contribution < 1.29 is 28.6 Å². The first kappa shape index (κ1) is 24.0. The smallest absolute Gasteiger partial charge is 0.355 e. The largest absolute Gasteiger partial charge is 0.476 e. The monoisotopic (exact) mass is 447 g/mol. The third-order valence-electron chi connectivity index (χ3n) is 5.09. The molecule has 3 atom stereocenters. The first-order chi connectivity index (χ1) is 13.7. The van der Waals surface area contributed by atoms with Gasteiger partial charge in [-0.05, 0) is 44.9 Å². The van der Waals surface area contributed by atoms with Crippen LogP contribution in [0.1, 0.15) is 62.4 Å². The molecule has 1 aliphatic carbocycles. The van der Waals surface area contributed by atoms with Gasteiger partial charge in [0.1, 0.15) is 5.78 Å². The molecule has 0 bridgehead atoms. The lowest BCUT2D eigenvalue weighted by atomic mass is 9.90. The quantitative estimate of drug-likeness (QED) is 0.344. The Labute approximate surface area is 177 Å². The van der Waals surface area contributed by atoms with E-state index in [4.69, 9.17) is 5.11 Å². The highest BCUT2D eigenvalue weighted by Gasteiger charge is 2.32. The maximum absolute atomic E-state index is 12.2. The Kier molecular flexibility index (Phi) is 9.23. The molecule has 2 N–H and O–H groups in total. The molecule has 1 heterocycles. The topological polar surface area (TPSA) is 87.5 Å². The van der Waals surface area contributed by atoms with Crippen LogP contribution in [0.2, 0.25) is 0 Å². The minimum absolute atomic E-state index is 0.0378. The molecule has 1 aromatic rings. The lowest BCUT2D eigenvalue weighted by Gasteiger charge is -2.22. The van der Waals surface area contributed by atoms with E-state index in [-0.39, 0.29) is 36.2 Å². The van der Waals surface area contributed by atoms with E-state index in [2.05, 4.69) is 4.98 Å². The van der Waals surface area contributed by atoms with E-state index in [9.17, 15) is 23.5 Å². The molecule has 0 aromatic carbocycles. The minimum atomic E-state index is -2.34. The Bertz CT molecular complexity index is 721. The van der Waals surface area contributed by atoms with Crippen molar-refractivity contribution in [3.8, 4) is 0 Å². The summed E-state index contributed by atoms with van der Waals surface area (Å²) < 4.78 is 25.1. The van der Waals surface area contributed by atoms with Crippen molar-refractivity contribution in [3.63, 3.8) is 0 Å². The Morgan fingerprint density at radius 3 is 2.93 bits per heavy atom. The minimum Gasteiger partial charge on any atom is -0.476 e. The van der Waals surface area contributed by atoms with Crippen LogP contribution in [-0.4, -0.2) is 44.7 Å². The molecule has 0 unspecified atom stereocenters. The van der Waals surface area contributed by atoms with Crippen LogP contribution in [0.25, 0.3) is 0 Å². The highest BCUT2D eigenvalue weighted by molar-refractivity contribution is 8.01. The molecule has 29 heavy (non-hydrogen) atoms. The maximum atomic E-state index is 12.2. The van der Waals surface area contributed by atoms with Gasteiger partial charge < -0.3 is 10.2 Å². The summed E-state index contributed by atoms with van der Waals surface area (Å²) >= 11 is 2.74. The van der Waals surface area contributed by atoms with Gasteiger partial charge in [-0.1, -0.05) is 23.9 Å². The first-order valence-corrected chi connectivity index (χ1v) is 11.6. The maximum Gasteiger partial charge on any atom is 0.355 e. The Morgan fingerprint density at radius 2 is 2.28 bits per heavy atom. The molecule has 0 radical (unpaired) electrons. The van der Waals surface area contributed by atoms with Crippen molar-refractivity contribution in [1.29, 1.82) is 0 Å².